The third-order valence-corrected chi connectivity index (χ3v) is 5.09. The molecule has 3 heterocycles. The number of alkyl halides is 3. The number of pyridine rings is 1. The van der Waals surface area contributed by atoms with Crippen LogP contribution in [0, 0.1) is 0 Å². The van der Waals surface area contributed by atoms with Gasteiger partial charge in [0.25, 0.3) is 0 Å². The van der Waals surface area contributed by atoms with E-state index in [4.69, 9.17) is 23.2 Å². The summed E-state index contributed by atoms with van der Waals surface area (Å²) >= 11 is 12.0. The first-order chi connectivity index (χ1) is 15.6. The zero-order valence-electron chi connectivity index (χ0n) is 16.5. The molecule has 4 rings (SSSR count). The van der Waals surface area contributed by atoms with E-state index < -0.39 is 24.5 Å². The van der Waals surface area contributed by atoms with Gasteiger partial charge in [0, 0.05) is 16.8 Å². The van der Waals surface area contributed by atoms with Crippen LogP contribution in [-0.4, -0.2) is 51.5 Å². The first kappa shape index (κ1) is 23.0. The summed E-state index contributed by atoms with van der Waals surface area (Å²) in [5.74, 6) is 0.376. The maximum Gasteiger partial charge on any atom is 0.416 e. The Kier molecular flexibility index (Phi) is 6.23. The average molecular weight is 500 g/mol. The second-order valence-electron chi connectivity index (χ2n) is 6.85. The summed E-state index contributed by atoms with van der Waals surface area (Å²) < 4.78 is 41.8. The molecule has 0 saturated heterocycles. The topological polar surface area (TPSA) is 104 Å². The van der Waals surface area contributed by atoms with E-state index in [1.807, 2.05) is 0 Å². The van der Waals surface area contributed by atoms with Crippen LogP contribution in [0.2, 0.25) is 10.0 Å². The average Bonchev–Trinajstić information content (AvgIpc) is 3.34. The maximum atomic E-state index is 13.0. The number of hydrogen-bond donors (Lipinski definition) is 1. The second kappa shape index (κ2) is 8.96. The molecule has 0 aliphatic heterocycles. The minimum Gasteiger partial charge on any atom is -0.382 e. The molecule has 1 unspecified atom stereocenters. The maximum absolute atomic E-state index is 13.0. The van der Waals surface area contributed by atoms with Gasteiger partial charge < -0.3 is 5.11 Å². The number of nitrogens with zero attached hydrogens (tertiary/aromatic N) is 7. The number of rotatable bonds is 6. The number of halogens is 5. The molecule has 0 spiro atoms. The summed E-state index contributed by atoms with van der Waals surface area (Å²) in [6.45, 7) is -1.28. The quantitative estimate of drug-likeness (QED) is 0.437. The molecule has 33 heavy (non-hydrogen) atoms. The molecule has 9 nitrogen and oxygen atoms in total. The molecule has 3 aromatic heterocycles. The molecule has 1 aromatic carbocycles. The predicted octanol–water partition coefficient (Wildman–Crippen LogP) is 2.97. The molecular formula is C19H14Cl2F3N7O2. The number of benzene rings is 1. The summed E-state index contributed by atoms with van der Waals surface area (Å²) in [5.41, 5.74) is -0.543. The zero-order chi connectivity index (χ0) is 23.8. The Balaban J connectivity index is 1.71. The Labute approximate surface area is 193 Å². The van der Waals surface area contributed by atoms with E-state index in [0.717, 1.165) is 9.25 Å². The van der Waals surface area contributed by atoms with Gasteiger partial charge in [0.2, 0.25) is 0 Å². The molecule has 172 valence electrons. The lowest BCUT2D eigenvalue weighted by Crippen LogP contribution is -2.37. The van der Waals surface area contributed by atoms with Gasteiger partial charge in [0.15, 0.2) is 23.6 Å². The number of aromatic nitrogens is 7. The van der Waals surface area contributed by atoms with Crippen LogP contribution >= 0.6 is 23.2 Å². The standard InChI is InChI=1S/C19H14Cl2F3N7O2/c20-12-5-3-11(4-6-12)16-28-30(18(33)29(16)8-14(32)19(22,23)24)9-15-26-10-31(27-15)17-13(21)2-1-7-25-17/h1-7,10,14,32H,8-9H2. The third kappa shape index (κ3) is 4.92. The predicted molar refractivity (Wildman–Crippen MR) is 112 cm³/mol. The van der Waals surface area contributed by atoms with Crippen LogP contribution in [0.5, 0.6) is 0 Å². The highest BCUT2D eigenvalue weighted by atomic mass is 35.5. The summed E-state index contributed by atoms with van der Waals surface area (Å²) in [6, 6.07) is 9.27. The lowest BCUT2D eigenvalue weighted by molar-refractivity contribution is -0.207. The van der Waals surface area contributed by atoms with Gasteiger partial charge in [-0.2, -0.15) is 13.2 Å². The molecule has 0 bridgehead atoms. The molecule has 0 aliphatic carbocycles. The van der Waals surface area contributed by atoms with Crippen molar-refractivity contribution < 1.29 is 18.3 Å². The molecule has 1 N–H and O–H groups in total. The Hall–Kier alpha value is -3.22. The van der Waals surface area contributed by atoms with Gasteiger partial charge in [0.1, 0.15) is 12.9 Å². The van der Waals surface area contributed by atoms with Crippen LogP contribution in [0.4, 0.5) is 13.2 Å². The first-order valence-electron chi connectivity index (χ1n) is 9.33. The largest absolute Gasteiger partial charge is 0.416 e. The van der Waals surface area contributed by atoms with Crippen molar-refractivity contribution in [3.63, 3.8) is 0 Å². The molecule has 0 amide bonds. The number of aliphatic hydroxyl groups excluding tert-OH is 1. The van der Waals surface area contributed by atoms with E-state index in [-0.39, 0.29) is 18.2 Å². The fourth-order valence-corrected chi connectivity index (χ4v) is 3.28. The fourth-order valence-electron chi connectivity index (χ4n) is 2.95. The van der Waals surface area contributed by atoms with Crippen molar-refractivity contribution in [2.45, 2.75) is 25.4 Å². The van der Waals surface area contributed by atoms with E-state index in [9.17, 15) is 23.1 Å². The van der Waals surface area contributed by atoms with Crippen molar-refractivity contribution in [2.75, 3.05) is 0 Å². The molecule has 1 atom stereocenters. The van der Waals surface area contributed by atoms with Gasteiger partial charge in [-0.1, -0.05) is 23.2 Å². The normalized spacial score (nSPS) is 12.8. The molecule has 0 aliphatic rings. The SMILES string of the molecule is O=c1n(Cc2ncn(-c3ncccc3Cl)n2)nc(-c2ccc(Cl)cc2)n1CC(O)C(F)(F)F. The van der Waals surface area contributed by atoms with E-state index in [2.05, 4.69) is 20.2 Å². The minimum absolute atomic E-state index is 0.0767. The van der Waals surface area contributed by atoms with E-state index in [0.29, 0.717) is 21.4 Å². The Morgan fingerprint density at radius 1 is 1.06 bits per heavy atom. The summed E-state index contributed by atoms with van der Waals surface area (Å²) in [6.07, 6.45) is -4.83. The minimum atomic E-state index is -4.92. The number of hydrogen-bond acceptors (Lipinski definition) is 6. The smallest absolute Gasteiger partial charge is 0.382 e. The highest BCUT2D eigenvalue weighted by Crippen LogP contribution is 2.24. The van der Waals surface area contributed by atoms with Gasteiger partial charge in [0.05, 0.1) is 11.6 Å². The zero-order valence-corrected chi connectivity index (χ0v) is 18.0. The Morgan fingerprint density at radius 3 is 2.45 bits per heavy atom. The third-order valence-electron chi connectivity index (χ3n) is 4.55. The lowest BCUT2D eigenvalue weighted by Gasteiger charge is -2.15. The van der Waals surface area contributed by atoms with Crippen LogP contribution in [0.1, 0.15) is 5.82 Å². The first-order valence-corrected chi connectivity index (χ1v) is 10.1. The lowest BCUT2D eigenvalue weighted by atomic mass is 10.2. The second-order valence-corrected chi connectivity index (χ2v) is 7.70. The Morgan fingerprint density at radius 2 is 1.79 bits per heavy atom. The van der Waals surface area contributed by atoms with Crippen LogP contribution in [-0.2, 0) is 13.1 Å². The van der Waals surface area contributed by atoms with Crippen LogP contribution in [0.3, 0.4) is 0 Å². The van der Waals surface area contributed by atoms with Gasteiger partial charge in [-0.3, -0.25) is 4.57 Å². The fraction of sp³-hybridized carbons (Fsp3) is 0.211. The molecule has 4 aromatic rings. The monoisotopic (exact) mass is 499 g/mol. The van der Waals surface area contributed by atoms with Crippen molar-refractivity contribution in [3.05, 3.63) is 75.3 Å². The van der Waals surface area contributed by atoms with Crippen LogP contribution in [0.25, 0.3) is 17.2 Å². The van der Waals surface area contributed by atoms with Crippen LogP contribution < -0.4 is 5.69 Å². The van der Waals surface area contributed by atoms with Crippen LogP contribution in [0.15, 0.2) is 53.7 Å². The van der Waals surface area contributed by atoms with Gasteiger partial charge in [-0.25, -0.2) is 24.1 Å². The number of aliphatic hydroxyl groups is 1. The van der Waals surface area contributed by atoms with E-state index in [1.165, 1.54) is 41.5 Å². The molecule has 0 saturated carbocycles. The van der Waals surface area contributed by atoms with Gasteiger partial charge in [-0.15, -0.1) is 10.2 Å². The Bertz CT molecular complexity index is 1330. The molecule has 14 heteroatoms. The highest BCUT2D eigenvalue weighted by Gasteiger charge is 2.39. The summed E-state index contributed by atoms with van der Waals surface area (Å²) in [7, 11) is 0. The highest BCUT2D eigenvalue weighted by molar-refractivity contribution is 6.32. The van der Waals surface area contributed by atoms with Crippen molar-refractivity contribution in [2.24, 2.45) is 0 Å². The summed E-state index contributed by atoms with van der Waals surface area (Å²) in [5, 5.41) is 18.6. The van der Waals surface area contributed by atoms with Gasteiger partial charge >= 0.3 is 11.9 Å². The molecule has 0 fully saturated rings. The summed E-state index contributed by atoms with van der Waals surface area (Å²) in [4.78, 5) is 21.1. The van der Waals surface area contributed by atoms with Crippen molar-refractivity contribution in [1.29, 1.82) is 0 Å². The van der Waals surface area contributed by atoms with Crippen molar-refractivity contribution >= 4 is 23.2 Å². The van der Waals surface area contributed by atoms with Gasteiger partial charge in [-0.05, 0) is 36.4 Å². The molecular weight excluding hydrogens is 486 g/mol. The van der Waals surface area contributed by atoms with Crippen molar-refractivity contribution in [1.82, 2.24) is 34.1 Å². The van der Waals surface area contributed by atoms with Crippen molar-refractivity contribution in [3.8, 4) is 17.2 Å². The van der Waals surface area contributed by atoms with E-state index >= 15 is 0 Å². The van der Waals surface area contributed by atoms with E-state index in [1.54, 1.807) is 12.1 Å². The molecule has 0 radical (unpaired) electrons.